The molecule has 1 aliphatic carbocycles. The number of likely N-dealkylation sites (tertiary alicyclic amines) is 2. The Balaban J connectivity index is 1.33. The maximum Gasteiger partial charge on any atom is 0.270 e. The summed E-state index contributed by atoms with van der Waals surface area (Å²) in [6.07, 6.45) is 4.56. The molecule has 3 heterocycles. The zero-order chi connectivity index (χ0) is 24.3. The number of rotatable bonds is 4. The molecule has 6 rings (SSSR count). The van der Waals surface area contributed by atoms with E-state index in [1.807, 2.05) is 6.07 Å². The van der Waals surface area contributed by atoms with Gasteiger partial charge in [-0.3, -0.25) is 19.7 Å². The minimum atomic E-state index is -0.643. The molecule has 2 aromatic carbocycles. The van der Waals surface area contributed by atoms with Gasteiger partial charge in [-0.15, -0.1) is 0 Å². The molecule has 2 amide bonds. The van der Waals surface area contributed by atoms with Crippen molar-refractivity contribution in [2.45, 2.75) is 50.6 Å². The predicted molar refractivity (Wildman–Crippen MR) is 123 cm³/mol. The second-order valence-corrected chi connectivity index (χ2v) is 10.2. The van der Waals surface area contributed by atoms with E-state index in [9.17, 15) is 24.1 Å². The van der Waals surface area contributed by atoms with Crippen LogP contribution in [0.3, 0.4) is 0 Å². The molecule has 8 nitrogen and oxygen atoms in total. The van der Waals surface area contributed by atoms with Gasteiger partial charge in [0.1, 0.15) is 17.6 Å². The van der Waals surface area contributed by atoms with Crippen LogP contribution in [0.1, 0.15) is 59.6 Å². The molecular weight excluding hydrogens is 453 g/mol. The lowest BCUT2D eigenvalue weighted by atomic mass is 10.0. The fourth-order valence-corrected chi connectivity index (χ4v) is 6.02. The van der Waals surface area contributed by atoms with E-state index in [1.54, 1.807) is 15.9 Å². The molecule has 0 bridgehead atoms. The number of halogens is 1. The average Bonchev–Trinajstić information content (AvgIpc) is 3.23. The summed E-state index contributed by atoms with van der Waals surface area (Å²) in [6.45, 7) is 1.38. The summed E-state index contributed by atoms with van der Waals surface area (Å²) in [5, 5.41) is 11.5. The van der Waals surface area contributed by atoms with E-state index in [1.165, 1.54) is 24.3 Å². The number of hydrogen-bond acceptors (Lipinski definition) is 5. The third-order valence-electron chi connectivity index (χ3n) is 7.99. The Kier molecular flexibility index (Phi) is 5.05. The number of fused-ring (bicyclic) bond motifs is 1. The summed E-state index contributed by atoms with van der Waals surface area (Å²) in [5.41, 5.74) is 1.36. The number of amides is 2. The van der Waals surface area contributed by atoms with Crippen LogP contribution >= 0.6 is 0 Å². The van der Waals surface area contributed by atoms with E-state index < -0.39 is 16.9 Å². The van der Waals surface area contributed by atoms with Crippen molar-refractivity contribution >= 4 is 17.5 Å². The number of carbonyl (C=O) groups excluding carboxylic acids is 2. The van der Waals surface area contributed by atoms with Gasteiger partial charge in [0.05, 0.1) is 23.1 Å². The molecular formula is C26H26FN3O5. The maximum absolute atomic E-state index is 13.9. The number of benzene rings is 2. The van der Waals surface area contributed by atoms with Crippen molar-refractivity contribution in [3.05, 3.63) is 69.0 Å². The van der Waals surface area contributed by atoms with Gasteiger partial charge in [-0.1, -0.05) is 12.1 Å². The summed E-state index contributed by atoms with van der Waals surface area (Å²) < 4.78 is 19.6. The average molecular weight is 480 g/mol. The van der Waals surface area contributed by atoms with E-state index in [0.29, 0.717) is 43.9 Å². The van der Waals surface area contributed by atoms with Crippen LogP contribution in [0.5, 0.6) is 5.75 Å². The lowest BCUT2D eigenvalue weighted by Crippen LogP contribution is -2.47. The molecule has 2 aromatic rings. The molecule has 182 valence electrons. The van der Waals surface area contributed by atoms with Crippen LogP contribution in [0.15, 0.2) is 36.4 Å². The highest BCUT2D eigenvalue weighted by Gasteiger charge is 2.56. The Morgan fingerprint density at radius 3 is 2.74 bits per heavy atom. The molecule has 9 heteroatoms. The minimum absolute atomic E-state index is 0.0607. The third kappa shape index (κ3) is 3.73. The van der Waals surface area contributed by atoms with Crippen molar-refractivity contribution in [1.82, 2.24) is 9.80 Å². The largest absolute Gasteiger partial charge is 0.492 e. The summed E-state index contributed by atoms with van der Waals surface area (Å²) in [6, 6.07) is 8.21. The van der Waals surface area contributed by atoms with Crippen LogP contribution in [0.4, 0.5) is 10.1 Å². The van der Waals surface area contributed by atoms with Gasteiger partial charge >= 0.3 is 0 Å². The number of carbonyl (C=O) groups is 2. The highest BCUT2D eigenvalue weighted by Crippen LogP contribution is 2.56. The van der Waals surface area contributed by atoms with E-state index in [0.717, 1.165) is 31.2 Å². The molecule has 2 saturated heterocycles. The molecule has 3 fully saturated rings. The first kappa shape index (κ1) is 22.0. The summed E-state index contributed by atoms with van der Waals surface area (Å²) in [7, 11) is 0. The minimum Gasteiger partial charge on any atom is -0.492 e. The van der Waals surface area contributed by atoms with Crippen molar-refractivity contribution < 1.29 is 23.6 Å². The third-order valence-corrected chi connectivity index (χ3v) is 7.99. The van der Waals surface area contributed by atoms with Crippen LogP contribution in [0, 0.1) is 21.3 Å². The van der Waals surface area contributed by atoms with Crippen molar-refractivity contribution in [2.24, 2.45) is 5.41 Å². The molecule has 4 aliphatic rings. The first-order chi connectivity index (χ1) is 16.8. The summed E-state index contributed by atoms with van der Waals surface area (Å²) >= 11 is 0. The standard InChI is InChI=1S/C26H26FN3O5/c27-18-4-1-3-16(11-18)21-5-2-9-28(21)25(32)22-14-26(7-8-26)15-29(22)24(31)20-13-19(30(33)34)12-17-6-10-35-23(17)20/h1,3-4,11-13,21-22H,2,5-10,14-15H2/t21-,22-/m1/s1. The molecule has 35 heavy (non-hydrogen) atoms. The van der Waals surface area contributed by atoms with Gasteiger partial charge in [-0.05, 0) is 55.2 Å². The lowest BCUT2D eigenvalue weighted by Gasteiger charge is -2.32. The predicted octanol–water partition coefficient (Wildman–Crippen LogP) is 4.03. The molecule has 1 spiro atoms. The van der Waals surface area contributed by atoms with E-state index in [2.05, 4.69) is 0 Å². The molecule has 3 aliphatic heterocycles. The Morgan fingerprint density at radius 2 is 2.00 bits per heavy atom. The molecule has 0 aromatic heterocycles. The quantitative estimate of drug-likeness (QED) is 0.488. The topological polar surface area (TPSA) is 93.0 Å². The van der Waals surface area contributed by atoms with E-state index in [-0.39, 0.29) is 34.4 Å². The number of ether oxygens (including phenoxy) is 1. The zero-order valence-electron chi connectivity index (χ0n) is 19.2. The van der Waals surface area contributed by atoms with Gasteiger partial charge in [-0.2, -0.15) is 0 Å². The number of nitro groups is 1. The molecule has 0 N–H and O–H groups in total. The number of hydrogen-bond donors (Lipinski definition) is 0. The Labute approximate surface area is 201 Å². The van der Waals surface area contributed by atoms with Gasteiger partial charge in [0.15, 0.2) is 0 Å². The monoisotopic (exact) mass is 479 g/mol. The van der Waals surface area contributed by atoms with E-state index >= 15 is 0 Å². The van der Waals surface area contributed by atoms with Gasteiger partial charge < -0.3 is 14.5 Å². The molecule has 1 saturated carbocycles. The van der Waals surface area contributed by atoms with Crippen molar-refractivity contribution in [3.8, 4) is 5.75 Å². The Morgan fingerprint density at radius 1 is 1.17 bits per heavy atom. The van der Waals surface area contributed by atoms with Gasteiger partial charge in [-0.25, -0.2) is 4.39 Å². The highest BCUT2D eigenvalue weighted by atomic mass is 19.1. The van der Waals surface area contributed by atoms with Crippen molar-refractivity contribution in [3.63, 3.8) is 0 Å². The Bertz CT molecular complexity index is 1240. The van der Waals surface area contributed by atoms with Gasteiger partial charge in [0, 0.05) is 37.2 Å². The van der Waals surface area contributed by atoms with Gasteiger partial charge in [0.2, 0.25) is 5.91 Å². The van der Waals surface area contributed by atoms with Crippen LogP contribution in [-0.4, -0.2) is 52.3 Å². The smallest absolute Gasteiger partial charge is 0.270 e. The SMILES string of the molecule is O=C(c1cc([N+](=O)[O-])cc2c1OCC2)N1CC2(CC2)C[C@@H]1C(=O)N1CCC[C@@H]1c1cccc(F)c1. The molecule has 2 atom stereocenters. The van der Waals surface area contributed by atoms with E-state index in [4.69, 9.17) is 4.74 Å². The van der Waals surface area contributed by atoms with Crippen LogP contribution in [0.25, 0.3) is 0 Å². The fraction of sp³-hybridized carbons (Fsp3) is 0.462. The molecule has 0 unspecified atom stereocenters. The molecule has 0 radical (unpaired) electrons. The maximum atomic E-state index is 13.9. The first-order valence-corrected chi connectivity index (χ1v) is 12.2. The zero-order valence-corrected chi connectivity index (χ0v) is 19.2. The number of nitro benzene ring substituents is 1. The second kappa shape index (κ2) is 8.03. The number of nitrogens with zero attached hydrogens (tertiary/aromatic N) is 3. The lowest BCUT2D eigenvalue weighted by molar-refractivity contribution is -0.384. The first-order valence-electron chi connectivity index (χ1n) is 12.2. The fourth-order valence-electron chi connectivity index (χ4n) is 6.02. The van der Waals surface area contributed by atoms with Crippen LogP contribution < -0.4 is 4.74 Å². The Hall–Kier alpha value is -3.49. The normalized spacial score (nSPS) is 23.9. The van der Waals surface area contributed by atoms with Crippen molar-refractivity contribution in [1.29, 1.82) is 0 Å². The van der Waals surface area contributed by atoms with Crippen LogP contribution in [0.2, 0.25) is 0 Å². The van der Waals surface area contributed by atoms with Crippen LogP contribution in [-0.2, 0) is 11.2 Å². The van der Waals surface area contributed by atoms with Gasteiger partial charge in [0.25, 0.3) is 11.6 Å². The summed E-state index contributed by atoms with van der Waals surface area (Å²) in [4.78, 5) is 42.1. The second-order valence-electron chi connectivity index (χ2n) is 10.2. The summed E-state index contributed by atoms with van der Waals surface area (Å²) in [5.74, 6) is -0.467. The van der Waals surface area contributed by atoms with Crippen molar-refractivity contribution in [2.75, 3.05) is 19.7 Å². The highest BCUT2D eigenvalue weighted by molar-refractivity contribution is 6.01. The number of non-ortho nitro benzene ring substituents is 1.